The number of rotatable bonds is 6. The van der Waals surface area contributed by atoms with E-state index in [9.17, 15) is 8.42 Å². The Labute approximate surface area is 176 Å². The maximum atomic E-state index is 12.7. The second-order valence-electron chi connectivity index (χ2n) is 6.64. The van der Waals surface area contributed by atoms with Crippen molar-refractivity contribution in [1.82, 2.24) is 0 Å². The molecule has 0 atom stereocenters. The second kappa shape index (κ2) is 8.43. The van der Waals surface area contributed by atoms with Crippen molar-refractivity contribution in [3.63, 3.8) is 0 Å². The minimum atomic E-state index is -3.53. The van der Waals surface area contributed by atoms with Crippen LogP contribution in [0.25, 0.3) is 11.1 Å². The Bertz CT molecular complexity index is 1210. The Balaban J connectivity index is 1.48. The van der Waals surface area contributed by atoms with E-state index in [1.165, 1.54) is 0 Å². The largest absolute Gasteiger partial charge is 0.497 e. The number of hydrogen-bond donors (Lipinski definition) is 0. The van der Waals surface area contributed by atoms with Gasteiger partial charge in [-0.2, -0.15) is 0 Å². The van der Waals surface area contributed by atoms with Crippen LogP contribution in [-0.4, -0.2) is 15.5 Å². The van der Waals surface area contributed by atoms with E-state index in [-0.39, 0.29) is 9.79 Å². The molecule has 0 radical (unpaired) electrons. The van der Waals surface area contributed by atoms with E-state index >= 15 is 0 Å². The van der Waals surface area contributed by atoms with Crippen LogP contribution in [0, 0.1) is 0 Å². The summed E-state index contributed by atoms with van der Waals surface area (Å²) < 4.78 is 36.4. The van der Waals surface area contributed by atoms with E-state index in [1.807, 2.05) is 48.5 Å². The Kier molecular flexibility index (Phi) is 5.55. The maximum absolute atomic E-state index is 12.7. The first-order valence-corrected chi connectivity index (χ1v) is 10.9. The van der Waals surface area contributed by atoms with Crippen LogP contribution in [-0.2, 0) is 9.84 Å². The monoisotopic (exact) mass is 416 g/mol. The Morgan fingerprint density at radius 3 is 1.47 bits per heavy atom. The Morgan fingerprint density at radius 2 is 0.967 bits per heavy atom. The van der Waals surface area contributed by atoms with Crippen LogP contribution in [0.15, 0.2) is 113 Å². The standard InChI is InChI=1S/C25H20O4S/c1-28-21-11-7-19(8-12-21)20-9-13-22(14-10-20)29-23-15-17-25(18-16-23)30(26,27)24-5-3-2-4-6-24/h2-18H,1H3. The molecule has 0 N–H and O–H groups in total. The van der Waals surface area contributed by atoms with Crippen LogP contribution in [0.5, 0.6) is 17.2 Å². The molecule has 0 aliphatic carbocycles. The Hall–Kier alpha value is -3.57. The molecular formula is C25H20O4S. The molecule has 30 heavy (non-hydrogen) atoms. The summed E-state index contributed by atoms with van der Waals surface area (Å²) in [5.74, 6) is 2.06. The number of ether oxygens (including phenoxy) is 2. The molecule has 0 aliphatic heterocycles. The van der Waals surface area contributed by atoms with Crippen LogP contribution < -0.4 is 9.47 Å². The smallest absolute Gasteiger partial charge is 0.206 e. The predicted molar refractivity (Wildman–Crippen MR) is 117 cm³/mol. The molecule has 0 fully saturated rings. The van der Waals surface area contributed by atoms with Crippen molar-refractivity contribution in [1.29, 1.82) is 0 Å². The van der Waals surface area contributed by atoms with Crippen molar-refractivity contribution in [3.05, 3.63) is 103 Å². The molecule has 0 bridgehead atoms. The molecule has 150 valence electrons. The highest BCUT2D eigenvalue weighted by molar-refractivity contribution is 7.91. The lowest BCUT2D eigenvalue weighted by Crippen LogP contribution is -2.01. The number of hydrogen-bond acceptors (Lipinski definition) is 4. The lowest BCUT2D eigenvalue weighted by atomic mass is 10.1. The molecule has 0 saturated carbocycles. The minimum Gasteiger partial charge on any atom is -0.497 e. The Morgan fingerprint density at radius 1 is 0.533 bits per heavy atom. The van der Waals surface area contributed by atoms with Gasteiger partial charge < -0.3 is 9.47 Å². The molecule has 4 rings (SSSR count). The van der Waals surface area contributed by atoms with Gasteiger partial charge in [-0.3, -0.25) is 0 Å². The quantitative estimate of drug-likeness (QED) is 0.388. The van der Waals surface area contributed by atoms with E-state index in [0.29, 0.717) is 11.5 Å². The summed E-state index contributed by atoms with van der Waals surface area (Å²) in [4.78, 5) is 0.503. The predicted octanol–water partition coefficient (Wildman–Crippen LogP) is 5.99. The van der Waals surface area contributed by atoms with Gasteiger partial charge in [0.05, 0.1) is 16.9 Å². The molecule has 0 amide bonds. The fraction of sp³-hybridized carbons (Fsp3) is 0.0400. The first kappa shape index (κ1) is 19.7. The van der Waals surface area contributed by atoms with Crippen molar-refractivity contribution in [2.75, 3.05) is 7.11 Å². The number of methoxy groups -OCH3 is 1. The SMILES string of the molecule is COc1ccc(-c2ccc(Oc3ccc(S(=O)(=O)c4ccccc4)cc3)cc2)cc1. The number of sulfone groups is 1. The first-order valence-electron chi connectivity index (χ1n) is 9.39. The van der Waals surface area contributed by atoms with E-state index in [4.69, 9.17) is 9.47 Å². The van der Waals surface area contributed by atoms with Gasteiger partial charge in [0.1, 0.15) is 17.2 Å². The topological polar surface area (TPSA) is 52.6 Å². The van der Waals surface area contributed by atoms with Crippen LogP contribution in [0.1, 0.15) is 0 Å². The summed E-state index contributed by atoms with van der Waals surface area (Å²) in [6, 6.07) is 30.4. The van der Waals surface area contributed by atoms with Crippen LogP contribution in [0.3, 0.4) is 0 Å². The highest BCUT2D eigenvalue weighted by atomic mass is 32.2. The van der Waals surface area contributed by atoms with Gasteiger partial charge in [-0.25, -0.2) is 8.42 Å². The first-order chi connectivity index (χ1) is 14.6. The zero-order valence-corrected chi connectivity index (χ0v) is 17.2. The van der Waals surface area contributed by atoms with Gasteiger partial charge in [-0.15, -0.1) is 0 Å². The highest BCUT2D eigenvalue weighted by Crippen LogP contribution is 2.28. The van der Waals surface area contributed by atoms with E-state index < -0.39 is 9.84 Å². The number of benzene rings is 4. The lowest BCUT2D eigenvalue weighted by Gasteiger charge is -2.09. The third-order valence-corrected chi connectivity index (χ3v) is 6.49. The summed E-state index contributed by atoms with van der Waals surface area (Å²) in [5.41, 5.74) is 2.15. The second-order valence-corrected chi connectivity index (χ2v) is 8.59. The molecule has 0 unspecified atom stereocenters. The third-order valence-electron chi connectivity index (χ3n) is 4.70. The zero-order chi connectivity index (χ0) is 21.0. The van der Waals surface area contributed by atoms with Crippen molar-refractivity contribution in [2.24, 2.45) is 0 Å². The van der Waals surface area contributed by atoms with E-state index in [0.717, 1.165) is 16.9 Å². The molecular weight excluding hydrogens is 396 g/mol. The molecule has 4 aromatic rings. The normalized spacial score (nSPS) is 11.1. The molecule has 0 heterocycles. The molecule has 0 aromatic heterocycles. The van der Waals surface area contributed by atoms with Gasteiger partial charge in [0.2, 0.25) is 9.84 Å². The van der Waals surface area contributed by atoms with Crippen molar-refractivity contribution >= 4 is 9.84 Å². The summed E-state index contributed by atoms with van der Waals surface area (Å²) in [6.07, 6.45) is 0. The summed E-state index contributed by atoms with van der Waals surface area (Å²) in [6.45, 7) is 0. The van der Waals surface area contributed by atoms with Gasteiger partial charge in [0, 0.05) is 0 Å². The van der Waals surface area contributed by atoms with Gasteiger partial charge in [-0.1, -0.05) is 42.5 Å². The van der Waals surface area contributed by atoms with Crippen LogP contribution in [0.4, 0.5) is 0 Å². The van der Waals surface area contributed by atoms with Crippen LogP contribution >= 0.6 is 0 Å². The summed E-state index contributed by atoms with van der Waals surface area (Å²) >= 11 is 0. The average Bonchev–Trinajstić information content (AvgIpc) is 2.81. The van der Waals surface area contributed by atoms with Gasteiger partial charge in [0.25, 0.3) is 0 Å². The molecule has 0 aliphatic rings. The molecule has 4 aromatic carbocycles. The average molecular weight is 416 g/mol. The molecule has 0 spiro atoms. The van der Waals surface area contributed by atoms with Gasteiger partial charge in [-0.05, 0) is 71.8 Å². The molecule has 4 nitrogen and oxygen atoms in total. The van der Waals surface area contributed by atoms with Crippen molar-refractivity contribution in [2.45, 2.75) is 9.79 Å². The van der Waals surface area contributed by atoms with Crippen LogP contribution in [0.2, 0.25) is 0 Å². The minimum absolute atomic E-state index is 0.232. The summed E-state index contributed by atoms with van der Waals surface area (Å²) in [7, 11) is -1.89. The fourth-order valence-corrected chi connectivity index (χ4v) is 4.34. The van der Waals surface area contributed by atoms with E-state index in [1.54, 1.807) is 61.7 Å². The molecule has 0 saturated heterocycles. The summed E-state index contributed by atoms with van der Waals surface area (Å²) in [5, 5.41) is 0. The molecule has 5 heteroatoms. The fourth-order valence-electron chi connectivity index (χ4n) is 3.06. The van der Waals surface area contributed by atoms with Gasteiger partial charge >= 0.3 is 0 Å². The highest BCUT2D eigenvalue weighted by Gasteiger charge is 2.17. The van der Waals surface area contributed by atoms with Crippen molar-refractivity contribution in [3.8, 4) is 28.4 Å². The lowest BCUT2D eigenvalue weighted by molar-refractivity contribution is 0.415. The van der Waals surface area contributed by atoms with Gasteiger partial charge in [0.15, 0.2) is 0 Å². The zero-order valence-electron chi connectivity index (χ0n) is 16.4. The van der Waals surface area contributed by atoms with Crippen molar-refractivity contribution < 1.29 is 17.9 Å². The van der Waals surface area contributed by atoms with E-state index in [2.05, 4.69) is 0 Å². The third kappa shape index (κ3) is 4.21. The maximum Gasteiger partial charge on any atom is 0.206 e.